The normalized spacial score (nSPS) is 11.2. The third-order valence-electron chi connectivity index (χ3n) is 4.00. The van der Waals surface area contributed by atoms with Crippen molar-refractivity contribution in [2.24, 2.45) is 0 Å². The van der Waals surface area contributed by atoms with E-state index in [0.29, 0.717) is 28.4 Å². The highest BCUT2D eigenvalue weighted by Crippen LogP contribution is 2.32. The molecule has 4 aromatic rings. The van der Waals surface area contributed by atoms with Gasteiger partial charge >= 0.3 is 0 Å². The SMILES string of the molecule is COc1ccc(-c2nc3cc(NC(=O)/C=C/c4ccco4)ccc3o2)cc1Br. The first-order valence-electron chi connectivity index (χ1n) is 8.39. The molecule has 0 aliphatic carbocycles. The lowest BCUT2D eigenvalue weighted by molar-refractivity contribution is -0.111. The van der Waals surface area contributed by atoms with Crippen molar-refractivity contribution in [3.8, 4) is 17.2 Å². The van der Waals surface area contributed by atoms with Crippen LogP contribution in [0.4, 0.5) is 5.69 Å². The summed E-state index contributed by atoms with van der Waals surface area (Å²) in [5.41, 5.74) is 2.72. The Kier molecular flexibility index (Phi) is 4.99. The van der Waals surface area contributed by atoms with Crippen LogP contribution in [-0.2, 0) is 4.79 Å². The summed E-state index contributed by atoms with van der Waals surface area (Å²) < 4.78 is 17.0. The summed E-state index contributed by atoms with van der Waals surface area (Å²) >= 11 is 3.46. The molecule has 1 N–H and O–H groups in total. The number of hydrogen-bond donors (Lipinski definition) is 1. The lowest BCUT2D eigenvalue weighted by atomic mass is 10.2. The molecule has 0 saturated carbocycles. The number of aromatic nitrogens is 1. The van der Waals surface area contributed by atoms with Gasteiger partial charge in [-0.05, 0) is 70.5 Å². The second-order valence-corrected chi connectivity index (χ2v) is 6.74. The van der Waals surface area contributed by atoms with Gasteiger partial charge < -0.3 is 18.9 Å². The van der Waals surface area contributed by atoms with Gasteiger partial charge in [0.2, 0.25) is 11.8 Å². The van der Waals surface area contributed by atoms with Crippen molar-refractivity contribution in [1.82, 2.24) is 4.98 Å². The number of rotatable bonds is 5. The van der Waals surface area contributed by atoms with Crippen LogP contribution < -0.4 is 10.1 Å². The summed E-state index contributed by atoms with van der Waals surface area (Å²) in [5, 5.41) is 2.80. The number of furan rings is 1. The van der Waals surface area contributed by atoms with Crippen LogP contribution in [0.3, 0.4) is 0 Å². The zero-order valence-corrected chi connectivity index (χ0v) is 16.4. The van der Waals surface area contributed by atoms with Gasteiger partial charge in [0, 0.05) is 17.3 Å². The number of carbonyl (C=O) groups is 1. The molecule has 2 heterocycles. The highest BCUT2D eigenvalue weighted by Gasteiger charge is 2.11. The van der Waals surface area contributed by atoms with E-state index in [1.54, 1.807) is 49.8 Å². The maximum absolute atomic E-state index is 12.1. The molecule has 0 radical (unpaired) electrons. The smallest absolute Gasteiger partial charge is 0.248 e. The minimum atomic E-state index is -0.265. The van der Waals surface area contributed by atoms with Crippen molar-refractivity contribution in [3.63, 3.8) is 0 Å². The number of anilines is 1. The van der Waals surface area contributed by atoms with Gasteiger partial charge in [-0.3, -0.25) is 4.79 Å². The van der Waals surface area contributed by atoms with Crippen molar-refractivity contribution in [1.29, 1.82) is 0 Å². The molecule has 1 amide bonds. The van der Waals surface area contributed by atoms with Gasteiger partial charge in [-0.1, -0.05) is 0 Å². The molecule has 0 atom stereocenters. The van der Waals surface area contributed by atoms with Gasteiger partial charge in [0.05, 0.1) is 17.8 Å². The third-order valence-corrected chi connectivity index (χ3v) is 4.62. The first-order chi connectivity index (χ1) is 13.6. The number of nitrogens with zero attached hydrogens (tertiary/aromatic N) is 1. The van der Waals surface area contributed by atoms with Crippen LogP contribution >= 0.6 is 15.9 Å². The number of methoxy groups -OCH3 is 1. The van der Waals surface area contributed by atoms with Crippen molar-refractivity contribution in [2.45, 2.75) is 0 Å². The lowest BCUT2D eigenvalue weighted by Crippen LogP contribution is -2.07. The molecule has 0 saturated heterocycles. The summed E-state index contributed by atoms with van der Waals surface area (Å²) in [5.74, 6) is 1.56. The van der Waals surface area contributed by atoms with Gasteiger partial charge in [-0.15, -0.1) is 0 Å². The average Bonchev–Trinajstić information content (AvgIpc) is 3.35. The van der Waals surface area contributed by atoms with Crippen LogP contribution in [0.5, 0.6) is 5.75 Å². The van der Waals surface area contributed by atoms with E-state index in [-0.39, 0.29) is 5.91 Å². The molecule has 6 nitrogen and oxygen atoms in total. The number of fused-ring (bicyclic) bond motifs is 1. The largest absolute Gasteiger partial charge is 0.496 e. The van der Waals surface area contributed by atoms with Crippen molar-refractivity contribution >= 4 is 44.7 Å². The molecular weight excluding hydrogens is 424 g/mol. The quantitative estimate of drug-likeness (QED) is 0.415. The number of oxazole rings is 1. The molecule has 0 fully saturated rings. The minimum absolute atomic E-state index is 0.265. The predicted molar refractivity (Wildman–Crippen MR) is 110 cm³/mol. The molecule has 2 aromatic carbocycles. The topological polar surface area (TPSA) is 77.5 Å². The fourth-order valence-electron chi connectivity index (χ4n) is 2.66. The Balaban J connectivity index is 1.54. The van der Waals surface area contributed by atoms with Crippen LogP contribution in [0.1, 0.15) is 5.76 Å². The van der Waals surface area contributed by atoms with Crippen LogP contribution in [-0.4, -0.2) is 18.0 Å². The maximum atomic E-state index is 12.1. The highest BCUT2D eigenvalue weighted by atomic mass is 79.9. The number of hydrogen-bond acceptors (Lipinski definition) is 5. The Bertz CT molecular complexity index is 1160. The molecule has 0 aliphatic heterocycles. The fourth-order valence-corrected chi connectivity index (χ4v) is 3.20. The van der Waals surface area contributed by atoms with E-state index in [4.69, 9.17) is 13.6 Å². The number of benzene rings is 2. The molecule has 2 aromatic heterocycles. The van der Waals surface area contributed by atoms with Crippen molar-refractivity contribution < 1.29 is 18.4 Å². The van der Waals surface area contributed by atoms with E-state index < -0.39 is 0 Å². The van der Waals surface area contributed by atoms with E-state index in [1.807, 2.05) is 18.2 Å². The van der Waals surface area contributed by atoms with Crippen LogP contribution in [0.25, 0.3) is 28.6 Å². The monoisotopic (exact) mass is 438 g/mol. The first-order valence-corrected chi connectivity index (χ1v) is 9.19. The van der Waals surface area contributed by atoms with E-state index >= 15 is 0 Å². The zero-order valence-electron chi connectivity index (χ0n) is 14.8. The summed E-state index contributed by atoms with van der Waals surface area (Å²) in [6, 6.07) is 14.4. The van der Waals surface area contributed by atoms with Gasteiger partial charge in [0.25, 0.3) is 0 Å². The van der Waals surface area contributed by atoms with E-state index in [1.165, 1.54) is 6.08 Å². The maximum Gasteiger partial charge on any atom is 0.248 e. The molecule has 0 spiro atoms. The summed E-state index contributed by atoms with van der Waals surface area (Å²) in [4.78, 5) is 16.6. The molecule has 28 heavy (non-hydrogen) atoms. The predicted octanol–water partition coefficient (Wildman–Crippen LogP) is 5.51. The molecule has 0 bridgehead atoms. The summed E-state index contributed by atoms with van der Waals surface area (Å²) in [6.45, 7) is 0. The molecular formula is C21H15BrN2O4. The molecule has 0 aliphatic rings. The van der Waals surface area contributed by atoms with Crippen LogP contribution in [0.15, 0.2) is 74.2 Å². The van der Waals surface area contributed by atoms with E-state index in [9.17, 15) is 4.79 Å². The number of amides is 1. The van der Waals surface area contributed by atoms with E-state index in [2.05, 4.69) is 26.2 Å². The molecule has 140 valence electrons. The zero-order chi connectivity index (χ0) is 19.5. The van der Waals surface area contributed by atoms with Crippen LogP contribution in [0.2, 0.25) is 0 Å². The van der Waals surface area contributed by atoms with Crippen molar-refractivity contribution in [3.05, 3.63) is 71.1 Å². The number of ether oxygens (including phenoxy) is 1. The Labute approximate surface area is 168 Å². The summed E-state index contributed by atoms with van der Waals surface area (Å²) in [7, 11) is 1.61. The van der Waals surface area contributed by atoms with E-state index in [0.717, 1.165) is 15.8 Å². The third kappa shape index (κ3) is 3.84. The number of carbonyl (C=O) groups excluding carboxylic acids is 1. The highest BCUT2D eigenvalue weighted by molar-refractivity contribution is 9.10. The van der Waals surface area contributed by atoms with Gasteiger partial charge in [-0.25, -0.2) is 4.98 Å². The minimum Gasteiger partial charge on any atom is -0.496 e. The first kappa shape index (κ1) is 18.1. The summed E-state index contributed by atoms with van der Waals surface area (Å²) in [6.07, 6.45) is 4.56. The Morgan fingerprint density at radius 3 is 2.86 bits per heavy atom. The molecule has 4 rings (SSSR count). The second-order valence-electron chi connectivity index (χ2n) is 5.89. The van der Waals surface area contributed by atoms with Gasteiger partial charge in [0.1, 0.15) is 17.0 Å². The Morgan fingerprint density at radius 2 is 2.11 bits per heavy atom. The standard InChI is InChI=1S/C21H15BrN2O4/c1-26-18-7-4-13(11-16(18)22)21-24-17-12-14(5-8-19(17)28-21)23-20(25)9-6-15-3-2-10-27-15/h2-12H,1H3,(H,23,25)/b9-6+. The lowest BCUT2D eigenvalue weighted by Gasteiger charge is -2.03. The van der Waals surface area contributed by atoms with Gasteiger partial charge in [0.15, 0.2) is 5.58 Å². The number of halogens is 1. The van der Waals surface area contributed by atoms with Gasteiger partial charge in [-0.2, -0.15) is 0 Å². The Hall–Kier alpha value is -3.32. The molecule has 0 unspecified atom stereocenters. The molecule has 7 heteroatoms. The van der Waals surface area contributed by atoms with Crippen molar-refractivity contribution in [2.75, 3.05) is 12.4 Å². The Morgan fingerprint density at radius 1 is 1.21 bits per heavy atom. The number of nitrogens with one attached hydrogen (secondary N) is 1. The van der Waals surface area contributed by atoms with Crippen LogP contribution in [0, 0.1) is 0 Å². The second kappa shape index (κ2) is 7.74. The fraction of sp³-hybridized carbons (Fsp3) is 0.0476. The average molecular weight is 439 g/mol.